The molecule has 5 heteroatoms. The van der Waals surface area contributed by atoms with Crippen LogP contribution in [0.5, 0.6) is 0 Å². The Bertz CT molecular complexity index is 239. The molecule has 1 N–H and O–H groups in total. The molecule has 0 amide bonds. The summed E-state index contributed by atoms with van der Waals surface area (Å²) in [6, 6.07) is 0. The number of Topliss-reactive ketones (excluding diaryl/α,β-unsaturated/α-hetero) is 1. The molecule has 0 aliphatic carbocycles. The Morgan fingerprint density at radius 1 is 1.67 bits per heavy atom. The number of ether oxygens (including phenoxy) is 1. The fraction of sp³-hybridized carbons (Fsp3) is 0.571. The molecule has 1 fully saturated rings. The summed E-state index contributed by atoms with van der Waals surface area (Å²) >= 11 is 0. The molecule has 0 saturated carbocycles. The van der Waals surface area contributed by atoms with Gasteiger partial charge in [0.05, 0.1) is 0 Å². The van der Waals surface area contributed by atoms with Crippen LogP contribution in [0, 0.1) is 5.41 Å². The predicted molar refractivity (Wildman–Crippen MR) is 36.3 cm³/mol. The van der Waals surface area contributed by atoms with Gasteiger partial charge in [-0.05, 0) is 6.42 Å². The SMILES string of the molecule is CCC1(C(=O)O)C(=O)COC1=O. The van der Waals surface area contributed by atoms with Gasteiger partial charge in [0.2, 0.25) is 5.41 Å². The summed E-state index contributed by atoms with van der Waals surface area (Å²) < 4.78 is 4.36. The van der Waals surface area contributed by atoms with Crippen LogP contribution >= 0.6 is 0 Å². The van der Waals surface area contributed by atoms with Gasteiger partial charge in [0.15, 0.2) is 12.4 Å². The van der Waals surface area contributed by atoms with Crippen molar-refractivity contribution >= 4 is 17.7 Å². The van der Waals surface area contributed by atoms with E-state index in [4.69, 9.17) is 5.11 Å². The van der Waals surface area contributed by atoms with E-state index in [-0.39, 0.29) is 6.42 Å². The highest BCUT2D eigenvalue weighted by atomic mass is 16.5. The van der Waals surface area contributed by atoms with Crippen LogP contribution in [0.3, 0.4) is 0 Å². The lowest BCUT2D eigenvalue weighted by molar-refractivity contribution is -0.161. The molecule has 0 bridgehead atoms. The van der Waals surface area contributed by atoms with Crippen LogP contribution in [0.25, 0.3) is 0 Å². The fourth-order valence-corrected chi connectivity index (χ4v) is 1.19. The number of aliphatic carboxylic acids is 1. The Labute approximate surface area is 68.3 Å². The zero-order valence-electron chi connectivity index (χ0n) is 6.49. The first-order valence-corrected chi connectivity index (χ1v) is 3.49. The van der Waals surface area contributed by atoms with Gasteiger partial charge in [-0.15, -0.1) is 0 Å². The summed E-state index contributed by atoms with van der Waals surface area (Å²) in [5, 5.41) is 8.68. The number of cyclic esters (lactones) is 1. The summed E-state index contributed by atoms with van der Waals surface area (Å²) in [7, 11) is 0. The molecule has 0 spiro atoms. The number of ketones is 1. The van der Waals surface area contributed by atoms with Crippen LogP contribution in [0.2, 0.25) is 0 Å². The van der Waals surface area contributed by atoms with Gasteiger partial charge in [0, 0.05) is 0 Å². The predicted octanol–water partition coefficient (Wildman–Crippen LogP) is -0.407. The second kappa shape index (κ2) is 2.58. The van der Waals surface area contributed by atoms with Gasteiger partial charge < -0.3 is 9.84 Å². The van der Waals surface area contributed by atoms with Crippen LogP contribution in [-0.4, -0.2) is 29.4 Å². The van der Waals surface area contributed by atoms with Gasteiger partial charge in [0.1, 0.15) is 0 Å². The van der Waals surface area contributed by atoms with Gasteiger partial charge in [-0.25, -0.2) is 0 Å². The number of rotatable bonds is 2. The number of carboxylic acids is 1. The monoisotopic (exact) mass is 172 g/mol. The second-order valence-corrected chi connectivity index (χ2v) is 2.56. The largest absolute Gasteiger partial charge is 0.480 e. The normalized spacial score (nSPS) is 28.8. The minimum absolute atomic E-state index is 0.0556. The third-order valence-corrected chi connectivity index (χ3v) is 2.05. The van der Waals surface area contributed by atoms with E-state index >= 15 is 0 Å². The van der Waals surface area contributed by atoms with Crippen LogP contribution in [0.1, 0.15) is 13.3 Å². The molecule has 1 aliphatic heterocycles. The van der Waals surface area contributed by atoms with E-state index < -0.39 is 29.7 Å². The Kier molecular flexibility index (Phi) is 1.87. The second-order valence-electron chi connectivity index (χ2n) is 2.56. The number of carbonyl (C=O) groups excluding carboxylic acids is 2. The van der Waals surface area contributed by atoms with Crippen molar-refractivity contribution in [1.29, 1.82) is 0 Å². The Morgan fingerprint density at radius 3 is 2.42 bits per heavy atom. The third kappa shape index (κ3) is 0.823. The lowest BCUT2D eigenvalue weighted by Gasteiger charge is -2.13. The molecule has 0 radical (unpaired) electrons. The molecule has 1 unspecified atom stereocenters. The summed E-state index contributed by atoms with van der Waals surface area (Å²) in [6.45, 7) is 1.05. The van der Waals surface area contributed by atoms with Gasteiger partial charge in [-0.1, -0.05) is 6.92 Å². The zero-order chi connectivity index (χ0) is 9.35. The van der Waals surface area contributed by atoms with E-state index in [1.807, 2.05) is 0 Å². The van der Waals surface area contributed by atoms with Crippen molar-refractivity contribution < 1.29 is 24.2 Å². The Hall–Kier alpha value is -1.39. The maximum absolute atomic E-state index is 11.1. The molecule has 0 aromatic carbocycles. The Balaban J connectivity index is 3.13. The number of carboxylic acid groups (broad SMARTS) is 1. The smallest absolute Gasteiger partial charge is 0.331 e. The van der Waals surface area contributed by atoms with Crippen molar-refractivity contribution in [2.75, 3.05) is 6.61 Å². The zero-order valence-corrected chi connectivity index (χ0v) is 6.49. The molecule has 12 heavy (non-hydrogen) atoms. The van der Waals surface area contributed by atoms with E-state index in [9.17, 15) is 14.4 Å². The molecule has 1 saturated heterocycles. The number of hydrogen-bond acceptors (Lipinski definition) is 4. The number of carbonyl (C=O) groups is 3. The molecule has 1 heterocycles. The van der Waals surface area contributed by atoms with Crippen molar-refractivity contribution in [2.45, 2.75) is 13.3 Å². The maximum atomic E-state index is 11.1. The lowest BCUT2D eigenvalue weighted by atomic mass is 9.83. The van der Waals surface area contributed by atoms with Crippen LogP contribution < -0.4 is 0 Å². The molecule has 1 aliphatic rings. The molecule has 1 atom stereocenters. The van der Waals surface area contributed by atoms with Crippen molar-refractivity contribution in [3.05, 3.63) is 0 Å². The summed E-state index contributed by atoms with van der Waals surface area (Å²) in [6.07, 6.45) is -0.0556. The molecular weight excluding hydrogens is 164 g/mol. The number of hydrogen-bond donors (Lipinski definition) is 1. The van der Waals surface area contributed by atoms with Crippen LogP contribution in [0.15, 0.2) is 0 Å². The summed E-state index contributed by atoms with van der Waals surface area (Å²) in [5.41, 5.74) is -1.93. The van der Waals surface area contributed by atoms with Crippen molar-refractivity contribution in [1.82, 2.24) is 0 Å². The van der Waals surface area contributed by atoms with E-state index in [0.717, 1.165) is 0 Å². The standard InChI is InChI=1S/C7H8O5/c1-2-7(5(9)10)4(8)3-12-6(7)11/h2-3H2,1H3,(H,9,10). The van der Waals surface area contributed by atoms with Gasteiger partial charge in [-0.3, -0.25) is 14.4 Å². The first kappa shape index (κ1) is 8.70. The summed E-state index contributed by atoms with van der Waals surface area (Å²) in [5.74, 6) is -3.03. The molecule has 5 nitrogen and oxygen atoms in total. The fourth-order valence-electron chi connectivity index (χ4n) is 1.19. The van der Waals surface area contributed by atoms with E-state index in [1.165, 1.54) is 6.92 Å². The Morgan fingerprint density at radius 2 is 2.25 bits per heavy atom. The first-order valence-electron chi connectivity index (χ1n) is 3.49. The van der Waals surface area contributed by atoms with Crippen molar-refractivity contribution in [2.24, 2.45) is 5.41 Å². The maximum Gasteiger partial charge on any atom is 0.331 e. The molecular formula is C7H8O5. The van der Waals surface area contributed by atoms with E-state index in [2.05, 4.69) is 4.74 Å². The topological polar surface area (TPSA) is 80.7 Å². The van der Waals surface area contributed by atoms with Gasteiger partial charge in [-0.2, -0.15) is 0 Å². The number of esters is 1. The highest BCUT2D eigenvalue weighted by molar-refractivity contribution is 6.23. The first-order chi connectivity index (χ1) is 5.55. The van der Waals surface area contributed by atoms with E-state index in [0.29, 0.717) is 0 Å². The van der Waals surface area contributed by atoms with Crippen molar-refractivity contribution in [3.63, 3.8) is 0 Å². The molecule has 66 valence electrons. The van der Waals surface area contributed by atoms with Gasteiger partial charge in [0.25, 0.3) is 0 Å². The highest BCUT2D eigenvalue weighted by Gasteiger charge is 2.57. The average molecular weight is 172 g/mol. The minimum atomic E-state index is -1.93. The molecule has 0 aromatic rings. The quantitative estimate of drug-likeness (QED) is 0.452. The summed E-state index contributed by atoms with van der Waals surface area (Å²) in [4.78, 5) is 32.7. The lowest BCUT2D eigenvalue weighted by Crippen LogP contribution is -2.41. The molecule has 1 rings (SSSR count). The van der Waals surface area contributed by atoms with Crippen LogP contribution in [-0.2, 0) is 19.1 Å². The average Bonchev–Trinajstić information content (AvgIpc) is 2.29. The van der Waals surface area contributed by atoms with Crippen molar-refractivity contribution in [3.8, 4) is 0 Å². The van der Waals surface area contributed by atoms with E-state index in [1.54, 1.807) is 0 Å². The van der Waals surface area contributed by atoms with Gasteiger partial charge >= 0.3 is 11.9 Å². The third-order valence-electron chi connectivity index (χ3n) is 2.05. The molecule has 0 aromatic heterocycles. The minimum Gasteiger partial charge on any atom is -0.480 e. The highest BCUT2D eigenvalue weighted by Crippen LogP contribution is 2.30. The van der Waals surface area contributed by atoms with Crippen LogP contribution in [0.4, 0.5) is 0 Å².